The molecule has 2 aromatic rings. The SMILES string of the molecule is O=C1N=C(N2CCC3(CC2)OCc2cccc(F)c23)OC1Cc1ccccc1. The first kappa shape index (κ1) is 17.4. The van der Waals surface area contributed by atoms with Crippen LogP contribution in [0.25, 0.3) is 0 Å². The number of carbonyl (C=O) groups excluding carboxylic acids is 1. The summed E-state index contributed by atoms with van der Waals surface area (Å²) in [6.07, 6.45) is 1.21. The van der Waals surface area contributed by atoms with E-state index in [0.29, 0.717) is 50.5 Å². The van der Waals surface area contributed by atoms with Crippen LogP contribution in [0.3, 0.4) is 0 Å². The molecule has 2 aromatic carbocycles. The molecule has 3 aliphatic heterocycles. The summed E-state index contributed by atoms with van der Waals surface area (Å²) in [5.41, 5.74) is 2.09. The molecule has 0 aromatic heterocycles. The highest BCUT2D eigenvalue weighted by Gasteiger charge is 2.46. The van der Waals surface area contributed by atoms with Gasteiger partial charge in [0.05, 0.1) is 6.61 Å². The third-order valence-corrected chi connectivity index (χ3v) is 5.89. The van der Waals surface area contributed by atoms with Gasteiger partial charge in [0, 0.05) is 25.1 Å². The highest BCUT2D eigenvalue weighted by Crippen LogP contribution is 2.45. The maximum Gasteiger partial charge on any atom is 0.296 e. The van der Waals surface area contributed by atoms with Crippen LogP contribution in [-0.4, -0.2) is 36.0 Å². The van der Waals surface area contributed by atoms with Gasteiger partial charge in [-0.15, -0.1) is 0 Å². The third kappa shape index (κ3) is 2.88. The normalized spacial score (nSPS) is 22.9. The fourth-order valence-corrected chi connectivity index (χ4v) is 4.41. The monoisotopic (exact) mass is 380 g/mol. The van der Waals surface area contributed by atoms with Crippen molar-refractivity contribution in [1.82, 2.24) is 4.90 Å². The molecule has 3 aliphatic rings. The quantitative estimate of drug-likeness (QED) is 0.803. The van der Waals surface area contributed by atoms with Crippen LogP contribution in [0.4, 0.5) is 4.39 Å². The minimum atomic E-state index is -0.580. The van der Waals surface area contributed by atoms with E-state index in [0.717, 1.165) is 11.1 Å². The average molecular weight is 380 g/mol. The first-order valence-corrected chi connectivity index (χ1v) is 9.64. The number of piperidine rings is 1. The number of hydrogen-bond acceptors (Lipinski definition) is 4. The van der Waals surface area contributed by atoms with E-state index in [1.54, 1.807) is 6.07 Å². The van der Waals surface area contributed by atoms with Crippen molar-refractivity contribution >= 4 is 11.9 Å². The Morgan fingerprint density at radius 3 is 2.68 bits per heavy atom. The summed E-state index contributed by atoms with van der Waals surface area (Å²) in [5, 5.41) is 0. The Morgan fingerprint density at radius 2 is 1.89 bits per heavy atom. The number of amides is 1. The standard InChI is InChI=1S/C22H21FN2O3/c23-17-8-4-7-16-14-27-22(19(16)17)9-11-25(12-10-22)21-24-20(26)18(28-21)13-15-5-2-1-3-6-15/h1-8,18H,9-14H2. The topological polar surface area (TPSA) is 51.1 Å². The number of ether oxygens (including phenoxy) is 2. The molecule has 1 unspecified atom stereocenters. The fourth-order valence-electron chi connectivity index (χ4n) is 4.41. The van der Waals surface area contributed by atoms with E-state index in [2.05, 4.69) is 4.99 Å². The molecule has 1 saturated heterocycles. The number of halogens is 1. The van der Waals surface area contributed by atoms with Crippen molar-refractivity contribution in [2.75, 3.05) is 13.1 Å². The van der Waals surface area contributed by atoms with Crippen molar-refractivity contribution in [3.8, 4) is 0 Å². The van der Waals surface area contributed by atoms with Gasteiger partial charge in [0.15, 0.2) is 6.10 Å². The Morgan fingerprint density at radius 1 is 1.11 bits per heavy atom. The predicted octanol–water partition coefficient (Wildman–Crippen LogP) is 3.17. The molecule has 1 fully saturated rings. The molecule has 1 spiro atoms. The molecule has 3 heterocycles. The van der Waals surface area contributed by atoms with Gasteiger partial charge >= 0.3 is 0 Å². The molecule has 0 N–H and O–H groups in total. The van der Waals surface area contributed by atoms with Crippen molar-refractivity contribution in [2.45, 2.75) is 37.6 Å². The van der Waals surface area contributed by atoms with Crippen LogP contribution in [0, 0.1) is 5.82 Å². The lowest BCUT2D eigenvalue weighted by atomic mass is 9.83. The van der Waals surface area contributed by atoms with Gasteiger partial charge in [-0.25, -0.2) is 4.39 Å². The molecular formula is C22H21FN2O3. The Hall–Kier alpha value is -2.73. The van der Waals surface area contributed by atoms with Gasteiger partial charge in [0.25, 0.3) is 11.9 Å². The summed E-state index contributed by atoms with van der Waals surface area (Å²) >= 11 is 0. The summed E-state index contributed by atoms with van der Waals surface area (Å²) in [5.74, 6) is -0.441. The van der Waals surface area contributed by atoms with Crippen molar-refractivity contribution < 1.29 is 18.7 Å². The van der Waals surface area contributed by atoms with Crippen LogP contribution < -0.4 is 0 Å². The van der Waals surface area contributed by atoms with E-state index in [-0.39, 0.29) is 11.7 Å². The van der Waals surface area contributed by atoms with E-state index in [9.17, 15) is 9.18 Å². The van der Waals surface area contributed by atoms with Crippen molar-refractivity contribution in [1.29, 1.82) is 0 Å². The van der Waals surface area contributed by atoms with E-state index >= 15 is 0 Å². The molecule has 1 atom stereocenters. The number of carbonyl (C=O) groups is 1. The lowest BCUT2D eigenvalue weighted by molar-refractivity contribution is -0.122. The van der Waals surface area contributed by atoms with Gasteiger partial charge in [-0.3, -0.25) is 4.79 Å². The highest BCUT2D eigenvalue weighted by atomic mass is 19.1. The molecule has 0 saturated carbocycles. The maximum atomic E-state index is 14.4. The largest absolute Gasteiger partial charge is 0.451 e. The van der Waals surface area contributed by atoms with Gasteiger partial charge in [-0.05, 0) is 30.0 Å². The fraction of sp³-hybridized carbons (Fsp3) is 0.364. The second-order valence-corrected chi connectivity index (χ2v) is 7.57. The van der Waals surface area contributed by atoms with Gasteiger partial charge in [0.1, 0.15) is 11.4 Å². The Balaban J connectivity index is 1.26. The lowest BCUT2D eigenvalue weighted by Crippen LogP contribution is -2.46. The zero-order valence-corrected chi connectivity index (χ0v) is 15.4. The molecule has 6 heteroatoms. The Labute approximate surface area is 162 Å². The molecule has 0 radical (unpaired) electrons. The zero-order chi connectivity index (χ0) is 19.1. The van der Waals surface area contributed by atoms with Crippen molar-refractivity contribution in [2.24, 2.45) is 4.99 Å². The van der Waals surface area contributed by atoms with E-state index in [1.165, 1.54) is 6.07 Å². The highest BCUT2D eigenvalue weighted by molar-refractivity contribution is 5.98. The Kier molecular flexibility index (Phi) is 4.16. The van der Waals surface area contributed by atoms with Crippen LogP contribution in [0.1, 0.15) is 29.5 Å². The second kappa shape index (κ2) is 6.71. The van der Waals surface area contributed by atoms with E-state index in [4.69, 9.17) is 9.47 Å². The molecule has 1 amide bonds. The van der Waals surface area contributed by atoms with Gasteiger partial charge < -0.3 is 14.4 Å². The predicted molar refractivity (Wildman–Crippen MR) is 101 cm³/mol. The third-order valence-electron chi connectivity index (χ3n) is 5.89. The summed E-state index contributed by atoms with van der Waals surface area (Å²) in [7, 11) is 0. The number of benzene rings is 2. The summed E-state index contributed by atoms with van der Waals surface area (Å²) < 4.78 is 26.4. The number of fused-ring (bicyclic) bond motifs is 2. The van der Waals surface area contributed by atoms with Gasteiger partial charge in [-0.2, -0.15) is 4.99 Å². The van der Waals surface area contributed by atoms with E-state index < -0.39 is 11.7 Å². The van der Waals surface area contributed by atoms with Gasteiger partial charge in [-0.1, -0.05) is 42.5 Å². The summed E-state index contributed by atoms with van der Waals surface area (Å²) in [6, 6.07) is 15.3. The molecular weight excluding hydrogens is 359 g/mol. The summed E-state index contributed by atoms with van der Waals surface area (Å²) in [4.78, 5) is 18.4. The molecule has 144 valence electrons. The van der Waals surface area contributed by atoms with Crippen molar-refractivity contribution in [3.63, 3.8) is 0 Å². The van der Waals surface area contributed by atoms with Gasteiger partial charge in [0.2, 0.25) is 0 Å². The first-order chi connectivity index (χ1) is 13.6. The molecule has 5 nitrogen and oxygen atoms in total. The maximum absolute atomic E-state index is 14.4. The number of hydrogen-bond donors (Lipinski definition) is 0. The van der Waals surface area contributed by atoms with Crippen LogP contribution in [-0.2, 0) is 32.9 Å². The van der Waals surface area contributed by atoms with E-state index in [1.807, 2.05) is 41.3 Å². The number of likely N-dealkylation sites (tertiary alicyclic amines) is 1. The number of nitrogens with zero attached hydrogens (tertiary/aromatic N) is 2. The first-order valence-electron chi connectivity index (χ1n) is 9.64. The van der Waals surface area contributed by atoms with Crippen LogP contribution in [0.15, 0.2) is 53.5 Å². The van der Waals surface area contributed by atoms with Crippen molar-refractivity contribution in [3.05, 3.63) is 71.0 Å². The number of aliphatic imine (C=N–C) groups is 1. The average Bonchev–Trinajstić information content (AvgIpc) is 3.26. The summed E-state index contributed by atoms with van der Waals surface area (Å²) in [6.45, 7) is 1.66. The Bertz CT molecular complexity index is 936. The van der Waals surface area contributed by atoms with Crippen LogP contribution >= 0.6 is 0 Å². The molecule has 5 rings (SSSR count). The molecule has 0 bridgehead atoms. The number of rotatable bonds is 2. The molecule has 28 heavy (non-hydrogen) atoms. The number of amidine groups is 1. The minimum absolute atomic E-state index is 0.198. The second-order valence-electron chi connectivity index (χ2n) is 7.57. The smallest absolute Gasteiger partial charge is 0.296 e. The van der Waals surface area contributed by atoms with Crippen LogP contribution in [0.2, 0.25) is 0 Å². The lowest BCUT2D eigenvalue weighted by Gasteiger charge is -2.39. The minimum Gasteiger partial charge on any atom is -0.451 e. The molecule has 0 aliphatic carbocycles. The van der Waals surface area contributed by atoms with Crippen LogP contribution in [0.5, 0.6) is 0 Å². The zero-order valence-electron chi connectivity index (χ0n) is 15.4.